The second-order valence-corrected chi connectivity index (χ2v) is 5.56. The molecule has 0 spiro atoms. The molecule has 0 fully saturated rings. The number of aryl methyl sites for hydroxylation is 2. The topological polar surface area (TPSA) is 63.8 Å². The molecule has 0 saturated carbocycles. The third-order valence-corrected chi connectivity index (χ3v) is 3.06. The minimum absolute atomic E-state index is 0.241. The zero-order valence-electron chi connectivity index (χ0n) is 12.1. The Morgan fingerprint density at radius 3 is 2.67 bits per heavy atom. The van der Waals surface area contributed by atoms with Crippen LogP contribution in [0.4, 0.5) is 5.82 Å². The van der Waals surface area contributed by atoms with Gasteiger partial charge in [-0.2, -0.15) is 0 Å². The lowest BCUT2D eigenvalue weighted by Crippen LogP contribution is -2.24. The molecule has 0 atom stereocenters. The molecule has 0 aliphatic rings. The van der Waals surface area contributed by atoms with Crippen LogP contribution < -0.4 is 11.1 Å². The molecule has 0 aliphatic carbocycles. The normalized spacial score (nSPS) is 11.6. The fraction of sp³-hybridized carbons (Fsp3) is 0.714. The Bertz CT molecular complexity index is 374. The zero-order chi connectivity index (χ0) is 13.6. The number of nitrogens with zero attached hydrogens (tertiary/aromatic N) is 2. The van der Waals surface area contributed by atoms with Gasteiger partial charge in [0.15, 0.2) is 0 Å². The molecule has 102 valence electrons. The first-order valence-electron chi connectivity index (χ1n) is 6.75. The summed E-state index contributed by atoms with van der Waals surface area (Å²) >= 11 is 0. The van der Waals surface area contributed by atoms with Gasteiger partial charge in [0, 0.05) is 18.3 Å². The molecule has 0 unspecified atom stereocenters. The van der Waals surface area contributed by atoms with Crippen LogP contribution in [-0.4, -0.2) is 23.1 Å². The van der Waals surface area contributed by atoms with Crippen molar-refractivity contribution in [2.75, 3.05) is 18.4 Å². The van der Waals surface area contributed by atoms with Crippen molar-refractivity contribution in [3.8, 4) is 0 Å². The molecule has 3 N–H and O–H groups in total. The van der Waals surface area contributed by atoms with Gasteiger partial charge in [0.25, 0.3) is 0 Å². The number of nitrogens with one attached hydrogen (secondary N) is 1. The van der Waals surface area contributed by atoms with Crippen molar-refractivity contribution in [3.05, 3.63) is 17.6 Å². The van der Waals surface area contributed by atoms with Crippen molar-refractivity contribution < 1.29 is 0 Å². The van der Waals surface area contributed by atoms with Gasteiger partial charge < -0.3 is 11.1 Å². The summed E-state index contributed by atoms with van der Waals surface area (Å²) in [5.74, 6) is 1.76. The third kappa shape index (κ3) is 5.00. The molecule has 1 heterocycles. The average Bonchev–Trinajstić information content (AvgIpc) is 2.33. The Morgan fingerprint density at radius 2 is 2.06 bits per heavy atom. The zero-order valence-corrected chi connectivity index (χ0v) is 12.1. The standard InChI is InChI=1S/C14H26N4/c1-5-12-9-13(18-11(2)17-12)16-10-14(3,4)7-6-8-15/h9H,5-8,10,15H2,1-4H3,(H,16,17,18). The first kappa shape index (κ1) is 14.9. The monoisotopic (exact) mass is 250 g/mol. The van der Waals surface area contributed by atoms with E-state index in [2.05, 4.69) is 36.1 Å². The molecule has 0 radical (unpaired) electrons. The van der Waals surface area contributed by atoms with E-state index in [-0.39, 0.29) is 5.41 Å². The number of anilines is 1. The summed E-state index contributed by atoms with van der Waals surface area (Å²) < 4.78 is 0. The van der Waals surface area contributed by atoms with E-state index in [0.717, 1.165) is 49.7 Å². The van der Waals surface area contributed by atoms with Gasteiger partial charge in [-0.1, -0.05) is 20.8 Å². The van der Waals surface area contributed by atoms with Crippen molar-refractivity contribution in [1.82, 2.24) is 9.97 Å². The molecule has 1 aromatic heterocycles. The van der Waals surface area contributed by atoms with E-state index < -0.39 is 0 Å². The Hall–Kier alpha value is -1.16. The molecule has 4 nitrogen and oxygen atoms in total. The quantitative estimate of drug-likeness (QED) is 0.780. The Balaban J connectivity index is 2.59. The van der Waals surface area contributed by atoms with E-state index in [1.54, 1.807) is 0 Å². The highest BCUT2D eigenvalue weighted by Crippen LogP contribution is 2.22. The molecule has 18 heavy (non-hydrogen) atoms. The summed E-state index contributed by atoms with van der Waals surface area (Å²) in [5, 5.41) is 3.42. The van der Waals surface area contributed by atoms with E-state index in [0.29, 0.717) is 0 Å². The maximum absolute atomic E-state index is 5.56. The molecule has 0 saturated heterocycles. The smallest absolute Gasteiger partial charge is 0.129 e. The van der Waals surface area contributed by atoms with Gasteiger partial charge in [-0.25, -0.2) is 9.97 Å². The number of aromatic nitrogens is 2. The van der Waals surface area contributed by atoms with E-state index in [1.807, 2.05) is 13.0 Å². The van der Waals surface area contributed by atoms with E-state index in [9.17, 15) is 0 Å². The third-order valence-electron chi connectivity index (χ3n) is 3.06. The largest absolute Gasteiger partial charge is 0.369 e. The van der Waals surface area contributed by atoms with Gasteiger partial charge in [0.2, 0.25) is 0 Å². The molecular weight excluding hydrogens is 224 g/mol. The highest BCUT2D eigenvalue weighted by Gasteiger charge is 2.17. The molecule has 0 aromatic carbocycles. The lowest BCUT2D eigenvalue weighted by molar-refractivity contribution is 0.350. The first-order chi connectivity index (χ1) is 8.46. The van der Waals surface area contributed by atoms with E-state index in [4.69, 9.17) is 5.73 Å². The molecule has 0 aliphatic heterocycles. The first-order valence-corrected chi connectivity index (χ1v) is 6.75. The van der Waals surface area contributed by atoms with Crippen molar-refractivity contribution in [1.29, 1.82) is 0 Å². The van der Waals surface area contributed by atoms with Crippen LogP contribution in [0, 0.1) is 12.3 Å². The SMILES string of the molecule is CCc1cc(NCC(C)(C)CCCN)nc(C)n1. The van der Waals surface area contributed by atoms with E-state index in [1.165, 1.54) is 0 Å². The summed E-state index contributed by atoms with van der Waals surface area (Å²) in [5.41, 5.74) is 6.89. The second kappa shape index (κ2) is 6.69. The second-order valence-electron chi connectivity index (χ2n) is 5.56. The summed E-state index contributed by atoms with van der Waals surface area (Å²) in [6, 6.07) is 2.03. The molecule has 0 bridgehead atoms. The summed E-state index contributed by atoms with van der Waals surface area (Å²) in [7, 11) is 0. The van der Waals surface area contributed by atoms with Crippen LogP contribution in [0.25, 0.3) is 0 Å². The van der Waals surface area contributed by atoms with Gasteiger partial charge in [-0.15, -0.1) is 0 Å². The van der Waals surface area contributed by atoms with Crippen molar-refractivity contribution >= 4 is 5.82 Å². The molecule has 1 aromatic rings. The Kier molecular flexibility index (Phi) is 5.54. The fourth-order valence-electron chi connectivity index (χ4n) is 1.90. The van der Waals surface area contributed by atoms with Crippen molar-refractivity contribution in [2.45, 2.75) is 47.0 Å². The van der Waals surface area contributed by atoms with Crippen LogP contribution in [0.3, 0.4) is 0 Å². The van der Waals surface area contributed by atoms with Crippen LogP contribution >= 0.6 is 0 Å². The Morgan fingerprint density at radius 1 is 1.33 bits per heavy atom. The van der Waals surface area contributed by atoms with Crippen LogP contribution in [0.1, 0.15) is 45.1 Å². The number of rotatable bonds is 7. The van der Waals surface area contributed by atoms with Crippen LogP contribution in [0.2, 0.25) is 0 Å². The van der Waals surface area contributed by atoms with Crippen molar-refractivity contribution in [3.63, 3.8) is 0 Å². The average molecular weight is 250 g/mol. The van der Waals surface area contributed by atoms with Gasteiger partial charge in [-0.05, 0) is 38.1 Å². The van der Waals surface area contributed by atoms with Gasteiger partial charge in [-0.3, -0.25) is 0 Å². The predicted molar refractivity (Wildman–Crippen MR) is 76.7 cm³/mol. The van der Waals surface area contributed by atoms with Crippen LogP contribution in [-0.2, 0) is 6.42 Å². The highest BCUT2D eigenvalue weighted by atomic mass is 15.0. The number of hydrogen-bond donors (Lipinski definition) is 2. The van der Waals surface area contributed by atoms with Gasteiger partial charge in [0.1, 0.15) is 11.6 Å². The molecular formula is C14H26N4. The maximum atomic E-state index is 5.56. The summed E-state index contributed by atoms with van der Waals surface area (Å²) in [6.45, 7) is 10.2. The molecule has 1 rings (SSSR count). The van der Waals surface area contributed by atoms with Crippen molar-refractivity contribution in [2.24, 2.45) is 11.1 Å². The fourth-order valence-corrected chi connectivity index (χ4v) is 1.90. The lowest BCUT2D eigenvalue weighted by Gasteiger charge is -2.25. The molecule has 0 amide bonds. The van der Waals surface area contributed by atoms with Gasteiger partial charge in [0.05, 0.1) is 0 Å². The highest BCUT2D eigenvalue weighted by molar-refractivity contribution is 5.36. The lowest BCUT2D eigenvalue weighted by atomic mass is 9.88. The molecule has 4 heteroatoms. The number of nitrogens with two attached hydrogens (primary N) is 1. The predicted octanol–water partition coefficient (Wildman–Crippen LogP) is 2.52. The van der Waals surface area contributed by atoms with Gasteiger partial charge >= 0.3 is 0 Å². The maximum Gasteiger partial charge on any atom is 0.129 e. The van der Waals surface area contributed by atoms with E-state index >= 15 is 0 Å². The number of hydrogen-bond acceptors (Lipinski definition) is 4. The minimum atomic E-state index is 0.241. The summed E-state index contributed by atoms with van der Waals surface area (Å²) in [4.78, 5) is 8.80. The van der Waals surface area contributed by atoms with Crippen LogP contribution in [0.15, 0.2) is 6.07 Å². The minimum Gasteiger partial charge on any atom is -0.369 e. The Labute approximate surface area is 110 Å². The summed E-state index contributed by atoms with van der Waals surface area (Å²) in [6.07, 6.45) is 3.13. The van der Waals surface area contributed by atoms with Crippen LogP contribution in [0.5, 0.6) is 0 Å².